The molecule has 0 radical (unpaired) electrons. The van der Waals surface area contributed by atoms with Crippen LogP contribution in [-0.2, 0) is 6.54 Å². The molecule has 0 unspecified atom stereocenters. The smallest absolute Gasteiger partial charge is 0.191 e. The molecule has 2 N–H and O–H groups in total. The molecule has 20 heavy (non-hydrogen) atoms. The lowest BCUT2D eigenvalue weighted by Gasteiger charge is -2.12. The van der Waals surface area contributed by atoms with Crippen molar-refractivity contribution in [3.63, 3.8) is 0 Å². The van der Waals surface area contributed by atoms with Gasteiger partial charge in [-0.25, -0.2) is 4.99 Å². The van der Waals surface area contributed by atoms with Crippen LogP contribution in [-0.4, -0.2) is 38.2 Å². The maximum absolute atomic E-state index is 5.40. The fourth-order valence-corrected chi connectivity index (χ4v) is 2.07. The Balaban J connectivity index is 2.70. The van der Waals surface area contributed by atoms with Gasteiger partial charge in [-0.2, -0.15) is 11.8 Å². The van der Waals surface area contributed by atoms with Crippen LogP contribution in [0.5, 0.6) is 5.75 Å². The third-order valence-corrected chi connectivity index (χ3v) is 3.41. The molecule has 0 aliphatic rings. The zero-order valence-corrected chi connectivity index (χ0v) is 13.6. The third kappa shape index (κ3) is 5.74. The lowest BCUT2D eigenvalue weighted by atomic mass is 10.1. The predicted molar refractivity (Wildman–Crippen MR) is 88.9 cm³/mol. The number of guanidine groups is 1. The van der Waals surface area contributed by atoms with E-state index in [-0.39, 0.29) is 0 Å². The molecule has 4 nitrogen and oxygen atoms in total. The highest BCUT2D eigenvalue weighted by Gasteiger charge is 2.03. The van der Waals surface area contributed by atoms with Crippen molar-refractivity contribution in [1.29, 1.82) is 0 Å². The van der Waals surface area contributed by atoms with E-state index in [9.17, 15) is 0 Å². The van der Waals surface area contributed by atoms with Crippen molar-refractivity contribution in [2.45, 2.75) is 20.4 Å². The highest BCUT2D eigenvalue weighted by atomic mass is 32.2. The van der Waals surface area contributed by atoms with Crippen molar-refractivity contribution < 1.29 is 4.74 Å². The Kier molecular flexibility index (Phi) is 7.95. The molecule has 0 heterocycles. The number of hydrogen-bond donors (Lipinski definition) is 2. The number of ether oxygens (including phenoxy) is 1. The van der Waals surface area contributed by atoms with E-state index in [1.807, 2.05) is 17.8 Å². The minimum absolute atomic E-state index is 0.609. The maximum atomic E-state index is 5.40. The van der Waals surface area contributed by atoms with Crippen molar-refractivity contribution >= 4 is 17.7 Å². The van der Waals surface area contributed by atoms with Crippen molar-refractivity contribution in [2.24, 2.45) is 4.99 Å². The van der Waals surface area contributed by atoms with E-state index in [1.54, 1.807) is 7.11 Å². The highest BCUT2D eigenvalue weighted by molar-refractivity contribution is 7.98. The molecule has 0 saturated heterocycles. The Hall–Kier alpha value is -1.36. The van der Waals surface area contributed by atoms with Crippen LogP contribution in [0.4, 0.5) is 0 Å². The lowest BCUT2D eigenvalue weighted by Crippen LogP contribution is -2.38. The van der Waals surface area contributed by atoms with Crippen molar-refractivity contribution in [1.82, 2.24) is 10.6 Å². The molecule has 0 fully saturated rings. The van der Waals surface area contributed by atoms with E-state index in [0.29, 0.717) is 6.54 Å². The zero-order valence-electron chi connectivity index (χ0n) is 12.8. The average molecular weight is 295 g/mol. The standard InChI is InChI=1S/C15H25N3OS/c1-5-16-15(17-8-9-20-4)18-11-13-7-6-12(2)10-14(13)19-3/h6-7,10H,5,8-9,11H2,1-4H3,(H2,16,17,18). The van der Waals surface area contributed by atoms with E-state index in [2.05, 4.69) is 47.9 Å². The molecule has 112 valence electrons. The number of aryl methyl sites for hydroxylation is 1. The fourth-order valence-electron chi connectivity index (χ4n) is 1.76. The summed E-state index contributed by atoms with van der Waals surface area (Å²) in [5.74, 6) is 2.82. The van der Waals surface area contributed by atoms with E-state index in [1.165, 1.54) is 5.56 Å². The van der Waals surface area contributed by atoms with Crippen LogP contribution in [0, 0.1) is 6.92 Å². The normalized spacial score (nSPS) is 11.3. The SMILES string of the molecule is CCNC(=NCc1ccc(C)cc1OC)NCCSC. The molecule has 0 bridgehead atoms. The summed E-state index contributed by atoms with van der Waals surface area (Å²) in [5.41, 5.74) is 2.29. The fraction of sp³-hybridized carbons (Fsp3) is 0.533. The Morgan fingerprint density at radius 3 is 2.80 bits per heavy atom. The van der Waals surface area contributed by atoms with Gasteiger partial charge < -0.3 is 15.4 Å². The summed E-state index contributed by atoms with van der Waals surface area (Å²) >= 11 is 1.82. The number of nitrogens with one attached hydrogen (secondary N) is 2. The van der Waals surface area contributed by atoms with Crippen molar-refractivity contribution in [2.75, 3.05) is 32.2 Å². The maximum Gasteiger partial charge on any atom is 0.191 e. The van der Waals surface area contributed by atoms with Gasteiger partial charge in [0, 0.05) is 24.4 Å². The molecular formula is C15H25N3OS. The Morgan fingerprint density at radius 2 is 2.15 bits per heavy atom. The van der Waals surface area contributed by atoms with Crippen LogP contribution in [0.25, 0.3) is 0 Å². The number of benzene rings is 1. The number of thioether (sulfide) groups is 1. The van der Waals surface area contributed by atoms with E-state index in [0.717, 1.165) is 36.1 Å². The van der Waals surface area contributed by atoms with Gasteiger partial charge in [0.2, 0.25) is 0 Å². The number of methoxy groups -OCH3 is 1. The Morgan fingerprint density at radius 1 is 1.35 bits per heavy atom. The summed E-state index contributed by atoms with van der Waals surface area (Å²) in [6, 6.07) is 6.20. The minimum Gasteiger partial charge on any atom is -0.496 e. The van der Waals surface area contributed by atoms with Crippen molar-refractivity contribution in [3.05, 3.63) is 29.3 Å². The molecule has 1 rings (SSSR count). The van der Waals surface area contributed by atoms with Gasteiger partial charge in [0.05, 0.1) is 13.7 Å². The summed E-state index contributed by atoms with van der Waals surface area (Å²) < 4.78 is 5.40. The molecule has 5 heteroatoms. The van der Waals surface area contributed by atoms with Gasteiger partial charge in [0.1, 0.15) is 5.75 Å². The zero-order chi connectivity index (χ0) is 14.8. The van der Waals surface area contributed by atoms with Crippen LogP contribution in [0.3, 0.4) is 0 Å². The molecule has 0 atom stereocenters. The number of hydrogen-bond acceptors (Lipinski definition) is 3. The second kappa shape index (κ2) is 9.53. The monoisotopic (exact) mass is 295 g/mol. The van der Waals surface area contributed by atoms with Crippen LogP contribution in [0.1, 0.15) is 18.1 Å². The van der Waals surface area contributed by atoms with Crippen LogP contribution < -0.4 is 15.4 Å². The molecule has 0 aliphatic heterocycles. The molecule has 0 aromatic heterocycles. The first-order valence-corrected chi connectivity index (χ1v) is 8.25. The molecule has 0 amide bonds. The lowest BCUT2D eigenvalue weighted by molar-refractivity contribution is 0.409. The number of rotatable bonds is 7. The number of aliphatic imine (C=N–C) groups is 1. The summed E-state index contributed by atoms with van der Waals surface area (Å²) in [5, 5.41) is 6.57. The van der Waals surface area contributed by atoms with Crippen LogP contribution in [0.2, 0.25) is 0 Å². The minimum atomic E-state index is 0.609. The largest absolute Gasteiger partial charge is 0.496 e. The first kappa shape index (κ1) is 16.7. The van der Waals surface area contributed by atoms with Crippen molar-refractivity contribution in [3.8, 4) is 5.75 Å². The van der Waals surface area contributed by atoms with Gasteiger partial charge in [0.25, 0.3) is 0 Å². The van der Waals surface area contributed by atoms with Crippen LogP contribution >= 0.6 is 11.8 Å². The first-order chi connectivity index (χ1) is 9.71. The van der Waals surface area contributed by atoms with Crippen LogP contribution in [0.15, 0.2) is 23.2 Å². The molecule has 0 saturated carbocycles. The number of nitrogens with zero attached hydrogens (tertiary/aromatic N) is 1. The quantitative estimate of drug-likeness (QED) is 0.461. The highest BCUT2D eigenvalue weighted by Crippen LogP contribution is 2.20. The van der Waals surface area contributed by atoms with Gasteiger partial charge >= 0.3 is 0 Å². The van der Waals surface area contributed by atoms with Gasteiger partial charge in [-0.3, -0.25) is 0 Å². The van der Waals surface area contributed by atoms with Gasteiger partial charge in [-0.1, -0.05) is 12.1 Å². The predicted octanol–water partition coefficient (Wildman–Crippen LogP) is 2.42. The molecule has 1 aromatic rings. The summed E-state index contributed by atoms with van der Waals surface area (Å²) in [7, 11) is 1.70. The molecule has 0 aliphatic carbocycles. The first-order valence-electron chi connectivity index (χ1n) is 6.85. The van der Waals surface area contributed by atoms with Gasteiger partial charge in [-0.05, 0) is 31.7 Å². The van der Waals surface area contributed by atoms with E-state index < -0.39 is 0 Å². The topological polar surface area (TPSA) is 45.7 Å². The third-order valence-electron chi connectivity index (χ3n) is 2.79. The van der Waals surface area contributed by atoms with E-state index >= 15 is 0 Å². The summed E-state index contributed by atoms with van der Waals surface area (Å²) in [6.45, 7) is 6.51. The molecule has 0 spiro atoms. The second-order valence-electron chi connectivity index (χ2n) is 4.43. The second-order valence-corrected chi connectivity index (χ2v) is 5.42. The summed E-state index contributed by atoms with van der Waals surface area (Å²) in [4.78, 5) is 4.60. The molecule has 1 aromatic carbocycles. The van der Waals surface area contributed by atoms with Gasteiger partial charge in [-0.15, -0.1) is 0 Å². The van der Waals surface area contributed by atoms with Gasteiger partial charge in [0.15, 0.2) is 5.96 Å². The summed E-state index contributed by atoms with van der Waals surface area (Å²) in [6.07, 6.45) is 2.10. The Bertz CT molecular complexity index is 435. The average Bonchev–Trinajstić information content (AvgIpc) is 2.45. The van der Waals surface area contributed by atoms with E-state index in [4.69, 9.17) is 4.74 Å². The molecular weight excluding hydrogens is 270 g/mol. The Labute approximate surface area is 126 Å².